The number of oxazole rings is 2. The number of nitrogens with zero attached hydrogens (tertiary/aromatic N) is 3. The minimum Gasteiger partial charge on any atom is -0.453 e. The molecule has 0 saturated carbocycles. The van der Waals surface area contributed by atoms with Crippen molar-refractivity contribution in [3.8, 4) is 34.4 Å². The highest BCUT2D eigenvalue weighted by atomic mass is 79.9. The first kappa shape index (κ1) is 22.1. The molecule has 1 aliphatic rings. The number of hydrogen-bond acceptors (Lipinski definition) is 6. The summed E-state index contributed by atoms with van der Waals surface area (Å²) in [7, 11) is 0. The summed E-state index contributed by atoms with van der Waals surface area (Å²) in [4.78, 5) is 11.5. The number of para-hydroxylation sites is 4. The molecule has 2 aromatic heterocycles. The van der Waals surface area contributed by atoms with Gasteiger partial charge >= 0.3 is 0 Å². The number of benzene rings is 5. The standard InChI is InChI=1S/C32H18BrN3O3/c33-21-11-13-22(14-12-21)36-25-15-9-19(31-34-23-5-1-3-7-27(23)38-31)17-29(25)37-30-18-20(10-16-26(30)36)32-35-24-6-2-4-8-28(24)39-32/h1-18H. The van der Waals surface area contributed by atoms with Gasteiger partial charge in [0.25, 0.3) is 0 Å². The normalized spacial score (nSPS) is 12.4. The first-order chi connectivity index (χ1) is 19.2. The van der Waals surface area contributed by atoms with Crippen LogP contribution in [0.3, 0.4) is 0 Å². The molecule has 7 aromatic rings. The molecule has 0 unspecified atom stereocenters. The van der Waals surface area contributed by atoms with Crippen LogP contribution in [-0.4, -0.2) is 9.97 Å². The van der Waals surface area contributed by atoms with Crippen molar-refractivity contribution in [2.45, 2.75) is 0 Å². The largest absolute Gasteiger partial charge is 0.453 e. The molecule has 0 atom stereocenters. The van der Waals surface area contributed by atoms with Gasteiger partial charge in [-0.25, -0.2) is 9.97 Å². The highest BCUT2D eigenvalue weighted by Crippen LogP contribution is 2.52. The maximum absolute atomic E-state index is 6.54. The molecule has 0 radical (unpaired) electrons. The summed E-state index contributed by atoms with van der Waals surface area (Å²) in [5, 5.41) is 0. The molecule has 0 saturated heterocycles. The SMILES string of the molecule is Brc1ccc(N2c3ccc(-c4nc5ccccc5o4)cc3Oc3cc(-c4nc5ccccc5o4)ccc32)cc1. The molecule has 186 valence electrons. The van der Waals surface area contributed by atoms with E-state index in [9.17, 15) is 0 Å². The second-order valence-electron chi connectivity index (χ2n) is 9.25. The van der Waals surface area contributed by atoms with E-state index in [-0.39, 0.29) is 0 Å². The van der Waals surface area contributed by atoms with Crippen molar-refractivity contribution in [2.24, 2.45) is 0 Å². The summed E-state index contributed by atoms with van der Waals surface area (Å²) in [5.41, 5.74) is 7.63. The Kier molecular flexibility index (Phi) is 4.87. The molecular weight excluding hydrogens is 554 g/mol. The molecule has 39 heavy (non-hydrogen) atoms. The number of rotatable bonds is 3. The Morgan fingerprint density at radius 3 is 1.59 bits per heavy atom. The van der Waals surface area contributed by atoms with Gasteiger partial charge in [0.05, 0.1) is 11.4 Å². The number of aromatic nitrogens is 2. The van der Waals surface area contributed by atoms with Crippen LogP contribution in [0.25, 0.3) is 45.1 Å². The van der Waals surface area contributed by atoms with E-state index >= 15 is 0 Å². The van der Waals surface area contributed by atoms with E-state index in [4.69, 9.17) is 13.6 Å². The Balaban J connectivity index is 1.27. The Morgan fingerprint density at radius 1 is 0.564 bits per heavy atom. The van der Waals surface area contributed by atoms with E-state index in [1.165, 1.54) is 0 Å². The minimum absolute atomic E-state index is 0.545. The fourth-order valence-electron chi connectivity index (χ4n) is 4.94. The summed E-state index contributed by atoms with van der Waals surface area (Å²) in [6.07, 6.45) is 0. The zero-order valence-electron chi connectivity index (χ0n) is 20.3. The maximum atomic E-state index is 6.54. The first-order valence-corrected chi connectivity index (χ1v) is 13.2. The third-order valence-corrected chi connectivity index (χ3v) is 7.32. The fourth-order valence-corrected chi connectivity index (χ4v) is 5.20. The predicted molar refractivity (Wildman–Crippen MR) is 155 cm³/mol. The molecular formula is C32H18BrN3O3. The Hall–Kier alpha value is -4.88. The lowest BCUT2D eigenvalue weighted by Gasteiger charge is -2.33. The summed E-state index contributed by atoms with van der Waals surface area (Å²) >= 11 is 3.55. The molecule has 8 rings (SSSR count). The van der Waals surface area contributed by atoms with Gasteiger partial charge in [0, 0.05) is 21.3 Å². The molecule has 0 bridgehead atoms. The Morgan fingerprint density at radius 2 is 1.08 bits per heavy atom. The van der Waals surface area contributed by atoms with Gasteiger partial charge in [0.15, 0.2) is 22.7 Å². The third kappa shape index (κ3) is 3.70. The minimum atomic E-state index is 0.545. The van der Waals surface area contributed by atoms with Crippen molar-refractivity contribution < 1.29 is 13.6 Å². The van der Waals surface area contributed by atoms with Crippen LogP contribution in [0.5, 0.6) is 11.5 Å². The van der Waals surface area contributed by atoms with Crippen molar-refractivity contribution in [3.63, 3.8) is 0 Å². The summed E-state index contributed by atoms with van der Waals surface area (Å²) < 4.78 is 19.6. The van der Waals surface area contributed by atoms with Gasteiger partial charge in [0.1, 0.15) is 11.0 Å². The van der Waals surface area contributed by atoms with Gasteiger partial charge in [-0.2, -0.15) is 0 Å². The molecule has 0 amide bonds. The summed E-state index contributed by atoms with van der Waals surface area (Å²) in [5.74, 6) is 2.48. The van der Waals surface area contributed by atoms with E-state index in [0.717, 1.165) is 54.9 Å². The molecule has 7 heteroatoms. The van der Waals surface area contributed by atoms with E-state index in [2.05, 4.69) is 42.9 Å². The zero-order chi connectivity index (χ0) is 25.9. The summed E-state index contributed by atoms with van der Waals surface area (Å²) in [6, 6.07) is 35.8. The monoisotopic (exact) mass is 571 g/mol. The smallest absolute Gasteiger partial charge is 0.227 e. The molecule has 0 spiro atoms. The molecule has 0 fully saturated rings. The van der Waals surface area contributed by atoms with Crippen LogP contribution in [0.4, 0.5) is 17.1 Å². The van der Waals surface area contributed by atoms with Crippen LogP contribution in [-0.2, 0) is 0 Å². The van der Waals surface area contributed by atoms with Crippen LogP contribution in [0.15, 0.2) is 123 Å². The second-order valence-corrected chi connectivity index (χ2v) is 10.2. The number of fused-ring (bicyclic) bond motifs is 4. The fraction of sp³-hybridized carbons (Fsp3) is 0. The van der Waals surface area contributed by atoms with Gasteiger partial charge in [-0.3, -0.25) is 0 Å². The highest BCUT2D eigenvalue weighted by molar-refractivity contribution is 9.10. The number of ether oxygens (including phenoxy) is 1. The topological polar surface area (TPSA) is 64.5 Å². The number of hydrogen-bond donors (Lipinski definition) is 0. The molecule has 5 aromatic carbocycles. The van der Waals surface area contributed by atoms with Gasteiger partial charge < -0.3 is 18.5 Å². The maximum Gasteiger partial charge on any atom is 0.227 e. The van der Waals surface area contributed by atoms with Crippen LogP contribution < -0.4 is 9.64 Å². The molecule has 0 N–H and O–H groups in total. The van der Waals surface area contributed by atoms with Crippen LogP contribution in [0.2, 0.25) is 0 Å². The van der Waals surface area contributed by atoms with Gasteiger partial charge in [-0.05, 0) is 84.9 Å². The van der Waals surface area contributed by atoms with E-state index in [1.807, 2.05) is 97.1 Å². The van der Waals surface area contributed by atoms with Gasteiger partial charge in [-0.1, -0.05) is 40.2 Å². The van der Waals surface area contributed by atoms with E-state index < -0.39 is 0 Å². The Labute approximate surface area is 231 Å². The first-order valence-electron chi connectivity index (χ1n) is 12.4. The van der Waals surface area contributed by atoms with E-state index in [1.54, 1.807) is 0 Å². The lowest BCUT2D eigenvalue weighted by Crippen LogP contribution is -2.15. The molecule has 1 aliphatic heterocycles. The van der Waals surface area contributed by atoms with Gasteiger partial charge in [0.2, 0.25) is 11.8 Å². The quantitative estimate of drug-likeness (QED) is 0.210. The average molecular weight is 572 g/mol. The predicted octanol–water partition coefficient (Wildman–Crippen LogP) is 9.64. The van der Waals surface area contributed by atoms with Crippen LogP contribution in [0, 0.1) is 0 Å². The van der Waals surface area contributed by atoms with Gasteiger partial charge in [-0.15, -0.1) is 0 Å². The number of anilines is 3. The van der Waals surface area contributed by atoms with E-state index in [0.29, 0.717) is 23.3 Å². The van der Waals surface area contributed by atoms with Crippen molar-refractivity contribution in [3.05, 3.63) is 114 Å². The Bertz CT molecular complexity index is 1840. The van der Waals surface area contributed by atoms with Crippen LogP contribution >= 0.6 is 15.9 Å². The molecule has 0 aliphatic carbocycles. The lowest BCUT2D eigenvalue weighted by molar-refractivity contribution is 0.476. The lowest BCUT2D eigenvalue weighted by atomic mass is 10.1. The van der Waals surface area contributed by atoms with Crippen molar-refractivity contribution in [1.82, 2.24) is 9.97 Å². The summed E-state index contributed by atoms with van der Waals surface area (Å²) in [6.45, 7) is 0. The molecule has 3 heterocycles. The third-order valence-electron chi connectivity index (χ3n) is 6.79. The van der Waals surface area contributed by atoms with Crippen molar-refractivity contribution in [2.75, 3.05) is 4.90 Å². The van der Waals surface area contributed by atoms with Crippen LogP contribution in [0.1, 0.15) is 0 Å². The highest BCUT2D eigenvalue weighted by Gasteiger charge is 2.28. The van der Waals surface area contributed by atoms with Crippen molar-refractivity contribution >= 4 is 55.2 Å². The zero-order valence-corrected chi connectivity index (χ0v) is 21.9. The average Bonchev–Trinajstić information content (AvgIpc) is 3.61. The number of halogens is 1. The van der Waals surface area contributed by atoms with Crippen molar-refractivity contribution in [1.29, 1.82) is 0 Å². The second kappa shape index (κ2) is 8.58. The molecule has 6 nitrogen and oxygen atoms in total.